The molecular formula is C17H23N3O2. The third-order valence-corrected chi connectivity index (χ3v) is 5.21. The number of rotatable bonds is 4. The highest BCUT2D eigenvalue weighted by Gasteiger charge is 2.43. The lowest BCUT2D eigenvalue weighted by Gasteiger charge is -2.26. The molecule has 2 aliphatic rings. The Hall–Kier alpha value is -2.04. The molecule has 1 amide bonds. The summed E-state index contributed by atoms with van der Waals surface area (Å²) in [7, 11) is 1.88. The molecule has 3 N–H and O–H groups in total. The lowest BCUT2D eigenvalue weighted by Crippen LogP contribution is -2.35. The number of fused-ring (bicyclic) bond motifs is 2. The van der Waals surface area contributed by atoms with E-state index in [1.807, 2.05) is 24.1 Å². The Morgan fingerprint density at radius 1 is 1.32 bits per heavy atom. The number of amides is 1. The van der Waals surface area contributed by atoms with Crippen molar-refractivity contribution in [2.45, 2.75) is 32.2 Å². The molecule has 1 aromatic rings. The Labute approximate surface area is 130 Å². The first kappa shape index (κ1) is 14.9. The van der Waals surface area contributed by atoms with E-state index in [4.69, 9.17) is 10.9 Å². The summed E-state index contributed by atoms with van der Waals surface area (Å²) in [6, 6.07) is 7.44. The third-order valence-electron chi connectivity index (χ3n) is 5.21. The van der Waals surface area contributed by atoms with E-state index >= 15 is 0 Å². The molecule has 1 aromatic carbocycles. The van der Waals surface area contributed by atoms with Crippen LogP contribution in [0.25, 0.3) is 0 Å². The van der Waals surface area contributed by atoms with Gasteiger partial charge < -0.3 is 15.8 Å². The van der Waals surface area contributed by atoms with Crippen molar-refractivity contribution in [3.63, 3.8) is 0 Å². The van der Waals surface area contributed by atoms with Gasteiger partial charge in [0.1, 0.15) is 0 Å². The lowest BCUT2D eigenvalue weighted by molar-refractivity contribution is -0.136. The van der Waals surface area contributed by atoms with Gasteiger partial charge in [0, 0.05) is 25.1 Å². The number of amidine groups is 1. The van der Waals surface area contributed by atoms with Gasteiger partial charge in [-0.15, -0.1) is 0 Å². The molecule has 22 heavy (non-hydrogen) atoms. The molecule has 5 nitrogen and oxygen atoms in total. The molecule has 3 unspecified atom stereocenters. The van der Waals surface area contributed by atoms with E-state index < -0.39 is 0 Å². The number of carbonyl (C=O) groups is 1. The quantitative estimate of drug-likeness (QED) is 0.387. The van der Waals surface area contributed by atoms with E-state index in [0.717, 1.165) is 17.9 Å². The maximum Gasteiger partial charge on any atom is 0.226 e. The Balaban J connectivity index is 1.61. The van der Waals surface area contributed by atoms with Crippen molar-refractivity contribution in [3.05, 3.63) is 35.4 Å². The monoisotopic (exact) mass is 301 g/mol. The summed E-state index contributed by atoms with van der Waals surface area (Å²) in [5.74, 6) is 2.01. The maximum absolute atomic E-state index is 12.6. The molecule has 118 valence electrons. The van der Waals surface area contributed by atoms with Crippen LogP contribution in [-0.4, -0.2) is 28.9 Å². The maximum atomic E-state index is 12.6. The molecule has 2 saturated carbocycles. The first-order valence-corrected chi connectivity index (χ1v) is 7.90. The summed E-state index contributed by atoms with van der Waals surface area (Å²) in [4.78, 5) is 14.5. The lowest BCUT2D eigenvalue weighted by atomic mass is 9.88. The Morgan fingerprint density at radius 3 is 2.59 bits per heavy atom. The molecule has 0 radical (unpaired) electrons. The molecule has 0 spiro atoms. The number of nitrogens with two attached hydrogens (primary N) is 1. The summed E-state index contributed by atoms with van der Waals surface area (Å²) in [5.41, 5.74) is 7.27. The number of oxime groups is 1. The fourth-order valence-corrected chi connectivity index (χ4v) is 4.02. The minimum Gasteiger partial charge on any atom is -0.409 e. The van der Waals surface area contributed by atoms with E-state index in [-0.39, 0.29) is 17.7 Å². The largest absolute Gasteiger partial charge is 0.409 e. The minimum absolute atomic E-state index is 0.0953. The average Bonchev–Trinajstić information content (AvgIpc) is 3.17. The Morgan fingerprint density at radius 2 is 2.05 bits per heavy atom. The van der Waals surface area contributed by atoms with Crippen LogP contribution in [0.5, 0.6) is 0 Å². The first-order chi connectivity index (χ1) is 10.6. The van der Waals surface area contributed by atoms with Crippen LogP contribution in [0.3, 0.4) is 0 Å². The zero-order valence-corrected chi connectivity index (χ0v) is 12.9. The van der Waals surface area contributed by atoms with Crippen molar-refractivity contribution >= 4 is 11.7 Å². The molecule has 0 saturated heterocycles. The number of hydrogen-bond acceptors (Lipinski definition) is 3. The van der Waals surface area contributed by atoms with Crippen molar-refractivity contribution < 1.29 is 10.0 Å². The summed E-state index contributed by atoms with van der Waals surface area (Å²) in [5, 5.41) is 11.6. The van der Waals surface area contributed by atoms with Crippen LogP contribution in [0.4, 0.5) is 0 Å². The van der Waals surface area contributed by atoms with Crippen molar-refractivity contribution in [1.82, 2.24) is 4.90 Å². The Kier molecular flexibility index (Phi) is 4.05. The predicted octanol–water partition coefficient (Wildman–Crippen LogP) is 2.18. The van der Waals surface area contributed by atoms with Crippen LogP contribution in [0.2, 0.25) is 0 Å². The smallest absolute Gasteiger partial charge is 0.226 e. The highest BCUT2D eigenvalue weighted by atomic mass is 16.4. The molecule has 2 fully saturated rings. The van der Waals surface area contributed by atoms with Gasteiger partial charge in [0.25, 0.3) is 0 Å². The van der Waals surface area contributed by atoms with Crippen molar-refractivity contribution in [3.8, 4) is 0 Å². The number of carbonyl (C=O) groups excluding carboxylic acids is 1. The summed E-state index contributed by atoms with van der Waals surface area (Å²) in [6.07, 6.45) is 4.87. The van der Waals surface area contributed by atoms with E-state index in [1.54, 1.807) is 12.1 Å². The second-order valence-corrected chi connectivity index (χ2v) is 6.66. The fraction of sp³-hybridized carbons (Fsp3) is 0.529. The minimum atomic E-state index is 0.0953. The Bertz CT molecular complexity index is 582. The zero-order valence-electron chi connectivity index (χ0n) is 12.9. The molecule has 2 aliphatic carbocycles. The highest BCUT2D eigenvalue weighted by Crippen LogP contribution is 2.48. The first-order valence-electron chi connectivity index (χ1n) is 7.90. The van der Waals surface area contributed by atoms with Crippen LogP contribution in [0.15, 0.2) is 29.4 Å². The van der Waals surface area contributed by atoms with Crippen LogP contribution in [-0.2, 0) is 11.3 Å². The normalized spacial score (nSPS) is 27.1. The van der Waals surface area contributed by atoms with Gasteiger partial charge in [-0.1, -0.05) is 35.8 Å². The van der Waals surface area contributed by atoms with E-state index in [0.29, 0.717) is 18.0 Å². The van der Waals surface area contributed by atoms with E-state index in [1.165, 1.54) is 19.3 Å². The van der Waals surface area contributed by atoms with Crippen molar-refractivity contribution in [2.75, 3.05) is 7.05 Å². The molecule has 0 aromatic heterocycles. The molecule has 3 atom stereocenters. The summed E-state index contributed by atoms with van der Waals surface area (Å²) < 4.78 is 0. The van der Waals surface area contributed by atoms with Gasteiger partial charge >= 0.3 is 0 Å². The number of hydrogen-bond donors (Lipinski definition) is 2. The van der Waals surface area contributed by atoms with Crippen molar-refractivity contribution in [1.29, 1.82) is 0 Å². The third kappa shape index (κ3) is 2.80. The zero-order chi connectivity index (χ0) is 15.7. The van der Waals surface area contributed by atoms with Crippen LogP contribution >= 0.6 is 0 Å². The number of nitrogens with zero attached hydrogens (tertiary/aromatic N) is 2. The van der Waals surface area contributed by atoms with Gasteiger partial charge in [0.2, 0.25) is 5.91 Å². The topological polar surface area (TPSA) is 78.9 Å². The van der Waals surface area contributed by atoms with Crippen LogP contribution in [0.1, 0.15) is 36.8 Å². The molecule has 3 rings (SSSR count). The van der Waals surface area contributed by atoms with Gasteiger partial charge in [-0.2, -0.15) is 0 Å². The predicted molar refractivity (Wildman–Crippen MR) is 84.4 cm³/mol. The van der Waals surface area contributed by atoms with Gasteiger partial charge in [0.05, 0.1) is 0 Å². The fourth-order valence-electron chi connectivity index (χ4n) is 4.02. The van der Waals surface area contributed by atoms with Gasteiger partial charge in [-0.3, -0.25) is 4.79 Å². The van der Waals surface area contributed by atoms with Crippen molar-refractivity contribution in [2.24, 2.45) is 28.6 Å². The van der Waals surface area contributed by atoms with Crippen LogP contribution in [0, 0.1) is 17.8 Å². The van der Waals surface area contributed by atoms with E-state index in [9.17, 15) is 4.79 Å². The standard InChI is InChI=1S/C17H23N3O2/c1-20(17(21)15-9-12-4-7-14(15)8-12)10-11-2-5-13(6-3-11)16(18)19-22/h2-3,5-6,12,14-15,22H,4,7-10H2,1H3,(H2,18,19). The second-order valence-electron chi connectivity index (χ2n) is 6.66. The molecule has 5 heteroatoms. The van der Waals surface area contributed by atoms with Gasteiger partial charge in [-0.25, -0.2) is 0 Å². The summed E-state index contributed by atoms with van der Waals surface area (Å²) >= 11 is 0. The summed E-state index contributed by atoms with van der Waals surface area (Å²) in [6.45, 7) is 0.600. The van der Waals surface area contributed by atoms with Gasteiger partial charge in [-0.05, 0) is 36.7 Å². The highest BCUT2D eigenvalue weighted by molar-refractivity contribution is 5.96. The molecule has 0 heterocycles. The van der Waals surface area contributed by atoms with E-state index in [2.05, 4.69) is 5.16 Å². The van der Waals surface area contributed by atoms with Crippen LogP contribution < -0.4 is 5.73 Å². The number of benzene rings is 1. The SMILES string of the molecule is CN(Cc1ccc(/C(N)=N/O)cc1)C(=O)C1CC2CCC1C2. The molecular weight excluding hydrogens is 278 g/mol. The average molecular weight is 301 g/mol. The second kappa shape index (κ2) is 5.99. The molecule has 2 bridgehead atoms. The molecule has 0 aliphatic heterocycles. The van der Waals surface area contributed by atoms with Gasteiger partial charge in [0.15, 0.2) is 5.84 Å².